The van der Waals surface area contributed by atoms with Crippen molar-refractivity contribution in [2.24, 2.45) is 5.73 Å². The Bertz CT molecular complexity index is 655. The van der Waals surface area contributed by atoms with Gasteiger partial charge < -0.3 is 5.73 Å². The maximum absolute atomic E-state index is 11.5. The fraction of sp³-hybridized carbons (Fsp3) is 0.471. The molecule has 1 atom stereocenters. The van der Waals surface area contributed by atoms with Gasteiger partial charge in [0.1, 0.15) is 5.78 Å². The zero-order valence-corrected chi connectivity index (χ0v) is 15.4. The second-order valence-electron chi connectivity index (χ2n) is 5.29. The van der Waals surface area contributed by atoms with Gasteiger partial charge in [-0.05, 0) is 43.5 Å². The number of nitrogens with two attached hydrogens (primary N) is 1. The summed E-state index contributed by atoms with van der Waals surface area (Å²) in [7, 11) is -3.16. The first-order chi connectivity index (χ1) is 10.3. The summed E-state index contributed by atoms with van der Waals surface area (Å²) < 4.78 is 22.7. The molecule has 2 N–H and O–H groups in total. The number of carbonyl (C=O) groups is 1. The molecule has 0 aliphatic heterocycles. The van der Waals surface area contributed by atoms with Crippen LogP contribution < -0.4 is 5.73 Å². The summed E-state index contributed by atoms with van der Waals surface area (Å²) in [6.07, 6.45) is 4.74. The quantitative estimate of drug-likeness (QED) is 0.602. The van der Waals surface area contributed by atoms with E-state index < -0.39 is 9.84 Å². The average molecular weight is 356 g/mol. The van der Waals surface area contributed by atoms with Crippen LogP contribution >= 0.6 is 13.5 Å². The maximum Gasteiger partial charge on any atom is 0.175 e. The summed E-state index contributed by atoms with van der Waals surface area (Å²) in [4.78, 5) is 11.8. The molecule has 0 saturated carbocycles. The van der Waals surface area contributed by atoms with Crippen LogP contribution in [-0.2, 0) is 14.6 Å². The minimum atomic E-state index is -3.16. The normalized spacial score (nSPS) is 11.8. The number of rotatable bonds is 7. The Morgan fingerprint density at radius 3 is 2.35 bits per heavy atom. The van der Waals surface area contributed by atoms with Gasteiger partial charge in [0, 0.05) is 24.7 Å². The van der Waals surface area contributed by atoms with Crippen molar-refractivity contribution in [2.75, 3.05) is 6.26 Å². The number of sulfone groups is 1. The van der Waals surface area contributed by atoms with Gasteiger partial charge in [0.05, 0.1) is 10.9 Å². The predicted molar refractivity (Wildman–Crippen MR) is 98.6 cm³/mol. The van der Waals surface area contributed by atoms with Gasteiger partial charge >= 0.3 is 0 Å². The Morgan fingerprint density at radius 2 is 1.83 bits per heavy atom. The minimum absolute atomic E-state index is 0. The second-order valence-corrected chi connectivity index (χ2v) is 7.30. The van der Waals surface area contributed by atoms with E-state index in [9.17, 15) is 13.2 Å². The molecule has 4 nitrogen and oxygen atoms in total. The van der Waals surface area contributed by atoms with Crippen LogP contribution in [0.25, 0.3) is 0 Å². The zero-order valence-electron chi connectivity index (χ0n) is 13.6. The lowest BCUT2D eigenvalue weighted by Gasteiger charge is -2.05. The van der Waals surface area contributed by atoms with Crippen LogP contribution in [0.1, 0.15) is 44.6 Å². The van der Waals surface area contributed by atoms with Crippen molar-refractivity contribution in [2.45, 2.75) is 50.0 Å². The van der Waals surface area contributed by atoms with Gasteiger partial charge in [0.25, 0.3) is 0 Å². The summed E-state index contributed by atoms with van der Waals surface area (Å²) in [5, 5.41) is 0. The van der Waals surface area contributed by atoms with E-state index in [0.29, 0.717) is 24.2 Å². The second kappa shape index (κ2) is 10.5. The van der Waals surface area contributed by atoms with Crippen molar-refractivity contribution in [3.05, 3.63) is 29.8 Å². The molecular weight excluding hydrogens is 330 g/mol. The largest absolute Gasteiger partial charge is 0.322 e. The highest BCUT2D eigenvalue weighted by atomic mass is 32.2. The van der Waals surface area contributed by atoms with Gasteiger partial charge in [0.2, 0.25) is 0 Å². The van der Waals surface area contributed by atoms with Crippen molar-refractivity contribution >= 4 is 29.1 Å². The van der Waals surface area contributed by atoms with Gasteiger partial charge in [-0.25, -0.2) is 8.42 Å². The van der Waals surface area contributed by atoms with Gasteiger partial charge in [-0.2, -0.15) is 13.5 Å². The van der Waals surface area contributed by atoms with Crippen LogP contribution in [0, 0.1) is 11.8 Å². The number of Topliss-reactive ketones (excluding diaryl/α,β-unsaturated/α-hetero) is 1. The molecule has 0 bridgehead atoms. The maximum atomic E-state index is 11.5. The van der Waals surface area contributed by atoms with Gasteiger partial charge in [-0.15, -0.1) is 0 Å². The average Bonchev–Trinajstić information content (AvgIpc) is 2.49. The molecule has 23 heavy (non-hydrogen) atoms. The summed E-state index contributed by atoms with van der Waals surface area (Å²) in [6, 6.07) is 6.19. The van der Waals surface area contributed by atoms with Crippen LogP contribution in [-0.4, -0.2) is 26.5 Å². The fourth-order valence-corrected chi connectivity index (χ4v) is 2.51. The van der Waals surface area contributed by atoms with Gasteiger partial charge in [-0.3, -0.25) is 4.79 Å². The van der Waals surface area contributed by atoms with Crippen LogP contribution in [0.4, 0.5) is 0 Å². The monoisotopic (exact) mass is 355 g/mol. The Morgan fingerprint density at radius 1 is 1.22 bits per heavy atom. The van der Waals surface area contributed by atoms with Crippen molar-refractivity contribution in [3.63, 3.8) is 0 Å². The molecular formula is C17H25NO3S2. The standard InChI is InChI=1S/C17H23NO3S.H2S/c1-3-16(18)17(19)9-7-5-4-6-8-14-10-12-15(13-11-14)22(2,20)21;/h10-13,16H,3-5,7,9,18H2,1-2H3;1H2/t16-;/m0./s1. The fourth-order valence-electron chi connectivity index (χ4n) is 1.88. The number of carbonyl (C=O) groups excluding carboxylic acids is 1. The Hall–Kier alpha value is -1.29. The third-order valence-corrected chi connectivity index (χ3v) is 4.47. The van der Waals surface area contributed by atoms with Crippen LogP contribution in [0.5, 0.6) is 0 Å². The van der Waals surface area contributed by atoms with Gasteiger partial charge in [0.15, 0.2) is 9.84 Å². The first kappa shape index (κ1) is 21.7. The molecule has 128 valence electrons. The molecule has 0 aromatic heterocycles. The molecule has 0 heterocycles. The third kappa shape index (κ3) is 8.21. The van der Waals surface area contributed by atoms with E-state index >= 15 is 0 Å². The van der Waals surface area contributed by atoms with E-state index in [1.165, 1.54) is 6.26 Å². The lowest BCUT2D eigenvalue weighted by Crippen LogP contribution is -2.29. The molecule has 0 spiro atoms. The van der Waals surface area contributed by atoms with Crippen LogP contribution in [0.2, 0.25) is 0 Å². The van der Waals surface area contributed by atoms with Crippen molar-refractivity contribution in [1.82, 2.24) is 0 Å². The van der Waals surface area contributed by atoms with Crippen molar-refractivity contribution in [1.29, 1.82) is 0 Å². The molecule has 0 fully saturated rings. The zero-order chi connectivity index (χ0) is 16.6. The van der Waals surface area contributed by atoms with Crippen LogP contribution in [0.3, 0.4) is 0 Å². The highest BCUT2D eigenvalue weighted by Gasteiger charge is 2.09. The molecule has 1 rings (SSSR count). The molecule has 0 aliphatic carbocycles. The molecule has 0 amide bonds. The molecule has 6 heteroatoms. The highest BCUT2D eigenvalue weighted by molar-refractivity contribution is 7.90. The minimum Gasteiger partial charge on any atom is -0.322 e. The molecule has 0 saturated heterocycles. The number of hydrogen-bond donors (Lipinski definition) is 1. The Labute approximate surface area is 146 Å². The lowest BCUT2D eigenvalue weighted by molar-refractivity contribution is -0.120. The first-order valence-corrected chi connectivity index (χ1v) is 9.31. The topological polar surface area (TPSA) is 77.2 Å². The van der Waals surface area contributed by atoms with Gasteiger partial charge in [-0.1, -0.05) is 18.8 Å². The number of hydrogen-bond acceptors (Lipinski definition) is 4. The van der Waals surface area contributed by atoms with E-state index in [-0.39, 0.29) is 25.3 Å². The highest BCUT2D eigenvalue weighted by Crippen LogP contribution is 2.09. The number of ketones is 1. The van der Waals surface area contributed by atoms with Crippen LogP contribution in [0.15, 0.2) is 29.2 Å². The van der Waals surface area contributed by atoms with E-state index in [0.717, 1.165) is 18.4 Å². The van der Waals surface area contributed by atoms with E-state index in [1.807, 2.05) is 6.92 Å². The van der Waals surface area contributed by atoms with E-state index in [1.54, 1.807) is 24.3 Å². The molecule has 0 radical (unpaired) electrons. The van der Waals surface area contributed by atoms with Crippen molar-refractivity contribution in [3.8, 4) is 11.8 Å². The Kier molecular flexibility index (Phi) is 9.89. The SMILES string of the molecule is CC[C@H](N)C(=O)CCCCC#Cc1ccc(S(C)(=O)=O)cc1.S. The van der Waals surface area contributed by atoms with E-state index in [4.69, 9.17) is 5.73 Å². The smallest absolute Gasteiger partial charge is 0.175 e. The summed E-state index contributed by atoms with van der Waals surface area (Å²) in [5.74, 6) is 6.14. The van der Waals surface area contributed by atoms with Crippen molar-refractivity contribution < 1.29 is 13.2 Å². The lowest BCUT2D eigenvalue weighted by atomic mass is 10.0. The Balaban J connectivity index is 0.00000484. The predicted octanol–water partition coefficient (Wildman–Crippen LogP) is 2.42. The molecule has 0 aliphatic rings. The first-order valence-electron chi connectivity index (χ1n) is 7.42. The molecule has 0 unspecified atom stereocenters. The van der Waals surface area contributed by atoms with E-state index in [2.05, 4.69) is 11.8 Å². The molecule has 1 aromatic rings. The summed E-state index contributed by atoms with van der Waals surface area (Å²) in [5.41, 5.74) is 6.44. The summed E-state index contributed by atoms with van der Waals surface area (Å²) in [6.45, 7) is 1.91. The number of unbranched alkanes of at least 4 members (excludes halogenated alkanes) is 2. The summed E-state index contributed by atoms with van der Waals surface area (Å²) >= 11 is 0. The third-order valence-electron chi connectivity index (χ3n) is 3.34. The number of benzene rings is 1. The molecule has 1 aromatic carbocycles.